The molecule has 4 nitrogen and oxygen atoms in total. The molecule has 0 fully saturated rings. The van der Waals surface area contributed by atoms with Crippen LogP contribution < -0.4 is 0 Å². The van der Waals surface area contributed by atoms with E-state index in [9.17, 15) is 15.0 Å². The summed E-state index contributed by atoms with van der Waals surface area (Å²) in [7, 11) is 0. The highest BCUT2D eigenvalue weighted by Gasteiger charge is 2.50. The number of aliphatic carboxylic acids is 1. The molecule has 0 saturated heterocycles. The molecule has 0 aliphatic heterocycles. The van der Waals surface area contributed by atoms with Gasteiger partial charge in [0.1, 0.15) is 5.60 Å². The quantitative estimate of drug-likeness (QED) is 0.559. The van der Waals surface area contributed by atoms with E-state index in [1.807, 2.05) is 6.92 Å². The number of hydrogen-bond donors (Lipinski definition) is 3. The fourth-order valence-electron chi connectivity index (χ4n) is 1.89. The Balaban J connectivity index is 4.68. The van der Waals surface area contributed by atoms with Crippen molar-refractivity contribution >= 4 is 5.97 Å². The van der Waals surface area contributed by atoms with Gasteiger partial charge in [0.15, 0.2) is 5.60 Å². The molecule has 0 radical (unpaired) electrons. The Bertz CT molecular complexity index is 225. The van der Waals surface area contributed by atoms with Gasteiger partial charge in [-0.05, 0) is 19.8 Å². The lowest BCUT2D eigenvalue weighted by Gasteiger charge is -2.38. The number of unbranched alkanes of at least 4 members (excludes halogenated alkanes) is 2. The highest BCUT2D eigenvalue weighted by molar-refractivity contribution is 5.78. The van der Waals surface area contributed by atoms with Crippen molar-refractivity contribution in [3.8, 4) is 0 Å². The van der Waals surface area contributed by atoms with Gasteiger partial charge in [0.05, 0.1) is 0 Å². The maximum Gasteiger partial charge on any atom is 0.338 e. The highest BCUT2D eigenvalue weighted by Crippen LogP contribution is 2.32. The third-order valence-corrected chi connectivity index (χ3v) is 3.12. The van der Waals surface area contributed by atoms with Gasteiger partial charge in [-0.15, -0.1) is 0 Å². The van der Waals surface area contributed by atoms with E-state index in [2.05, 4.69) is 0 Å². The predicted octanol–water partition coefficient (Wildman–Crippen LogP) is 1.93. The summed E-state index contributed by atoms with van der Waals surface area (Å²) in [4.78, 5) is 11.1. The van der Waals surface area contributed by atoms with E-state index in [-0.39, 0.29) is 6.42 Å². The maximum atomic E-state index is 11.1. The number of rotatable bonds is 8. The highest BCUT2D eigenvalue weighted by atomic mass is 16.4. The van der Waals surface area contributed by atoms with Crippen LogP contribution in [0.5, 0.6) is 0 Å². The molecule has 2 atom stereocenters. The first-order valence-electron chi connectivity index (χ1n) is 6.00. The first kappa shape index (κ1) is 15.4. The topological polar surface area (TPSA) is 77.8 Å². The first-order chi connectivity index (χ1) is 7.31. The van der Waals surface area contributed by atoms with Crippen LogP contribution in [0.4, 0.5) is 0 Å². The molecule has 0 amide bonds. The fourth-order valence-corrected chi connectivity index (χ4v) is 1.89. The van der Waals surface area contributed by atoms with E-state index < -0.39 is 17.2 Å². The Kier molecular flexibility index (Phi) is 5.97. The van der Waals surface area contributed by atoms with Crippen LogP contribution in [0.3, 0.4) is 0 Å². The van der Waals surface area contributed by atoms with Crippen molar-refractivity contribution in [1.82, 2.24) is 0 Å². The summed E-state index contributed by atoms with van der Waals surface area (Å²) < 4.78 is 0. The predicted molar refractivity (Wildman–Crippen MR) is 62.3 cm³/mol. The number of aliphatic hydroxyl groups is 2. The van der Waals surface area contributed by atoms with Crippen molar-refractivity contribution < 1.29 is 20.1 Å². The summed E-state index contributed by atoms with van der Waals surface area (Å²) in [6, 6.07) is 0. The second kappa shape index (κ2) is 6.21. The molecule has 16 heavy (non-hydrogen) atoms. The van der Waals surface area contributed by atoms with Gasteiger partial charge in [-0.1, -0.05) is 39.5 Å². The Morgan fingerprint density at radius 2 is 1.62 bits per heavy atom. The van der Waals surface area contributed by atoms with Gasteiger partial charge in [0.25, 0.3) is 0 Å². The largest absolute Gasteiger partial charge is 0.479 e. The SMILES string of the molecule is CCCCCC(C)(O)C(O)(CCC)C(=O)O. The molecule has 4 heteroatoms. The molecule has 0 aromatic carbocycles. The average molecular weight is 232 g/mol. The van der Waals surface area contributed by atoms with Gasteiger partial charge in [-0.2, -0.15) is 0 Å². The molecule has 0 bridgehead atoms. The molecule has 0 aromatic heterocycles. The van der Waals surface area contributed by atoms with E-state index in [0.29, 0.717) is 12.8 Å². The van der Waals surface area contributed by atoms with E-state index in [0.717, 1.165) is 19.3 Å². The van der Waals surface area contributed by atoms with Gasteiger partial charge >= 0.3 is 5.97 Å². The normalized spacial score (nSPS) is 18.8. The zero-order valence-corrected chi connectivity index (χ0v) is 10.5. The minimum absolute atomic E-state index is 0.0709. The summed E-state index contributed by atoms with van der Waals surface area (Å²) >= 11 is 0. The van der Waals surface area contributed by atoms with Gasteiger partial charge < -0.3 is 15.3 Å². The third kappa shape index (κ3) is 3.46. The zero-order valence-electron chi connectivity index (χ0n) is 10.5. The molecule has 0 rings (SSSR count). The Hall–Kier alpha value is -0.610. The van der Waals surface area contributed by atoms with Crippen LogP contribution in [0, 0.1) is 0 Å². The molecule has 0 saturated carbocycles. The third-order valence-electron chi connectivity index (χ3n) is 3.12. The first-order valence-corrected chi connectivity index (χ1v) is 6.00. The van der Waals surface area contributed by atoms with E-state index in [4.69, 9.17) is 5.11 Å². The number of carboxylic acids is 1. The molecule has 3 N–H and O–H groups in total. The van der Waals surface area contributed by atoms with Crippen LogP contribution in [0.25, 0.3) is 0 Å². The molecule has 0 aliphatic carbocycles. The van der Waals surface area contributed by atoms with E-state index in [1.54, 1.807) is 6.92 Å². The lowest BCUT2D eigenvalue weighted by molar-refractivity contribution is -0.193. The minimum atomic E-state index is -2.03. The van der Waals surface area contributed by atoms with Crippen LogP contribution in [-0.2, 0) is 4.79 Å². The second-order valence-electron chi connectivity index (χ2n) is 4.65. The van der Waals surface area contributed by atoms with E-state index >= 15 is 0 Å². The molecule has 0 aromatic rings. The standard InChI is InChI=1S/C12H24O4/c1-4-6-7-9-11(3,15)12(16,8-5-2)10(13)14/h15-16H,4-9H2,1-3H3,(H,13,14). The van der Waals surface area contributed by atoms with Gasteiger partial charge in [-0.25, -0.2) is 4.79 Å². The lowest BCUT2D eigenvalue weighted by Crippen LogP contribution is -2.57. The van der Waals surface area contributed by atoms with Crippen LogP contribution >= 0.6 is 0 Å². The van der Waals surface area contributed by atoms with Crippen molar-refractivity contribution in [2.45, 2.75) is 70.5 Å². The molecule has 0 heterocycles. The Labute approximate surface area is 97.3 Å². The molecule has 0 spiro atoms. The Morgan fingerprint density at radius 1 is 1.06 bits per heavy atom. The summed E-state index contributed by atoms with van der Waals surface area (Å²) in [5, 5.41) is 29.2. The second-order valence-corrected chi connectivity index (χ2v) is 4.65. The maximum absolute atomic E-state index is 11.1. The van der Waals surface area contributed by atoms with Gasteiger partial charge in [0, 0.05) is 0 Å². The lowest BCUT2D eigenvalue weighted by atomic mass is 9.77. The number of carbonyl (C=O) groups is 1. The Morgan fingerprint density at radius 3 is 2.00 bits per heavy atom. The fraction of sp³-hybridized carbons (Fsp3) is 0.917. The molecule has 2 unspecified atom stereocenters. The van der Waals surface area contributed by atoms with Crippen molar-refractivity contribution in [2.75, 3.05) is 0 Å². The summed E-state index contributed by atoms with van der Waals surface area (Å²) in [6.07, 6.45) is 3.55. The molecule has 96 valence electrons. The number of hydrogen-bond acceptors (Lipinski definition) is 3. The van der Waals surface area contributed by atoms with Crippen LogP contribution in [0.1, 0.15) is 59.3 Å². The molecular formula is C12H24O4. The minimum Gasteiger partial charge on any atom is -0.479 e. The number of carboxylic acid groups (broad SMARTS) is 1. The summed E-state index contributed by atoms with van der Waals surface area (Å²) in [6.45, 7) is 5.23. The van der Waals surface area contributed by atoms with Crippen LogP contribution in [0.2, 0.25) is 0 Å². The summed E-state index contributed by atoms with van der Waals surface area (Å²) in [5.41, 5.74) is -3.60. The zero-order chi connectivity index (χ0) is 12.8. The van der Waals surface area contributed by atoms with Crippen molar-refractivity contribution in [3.05, 3.63) is 0 Å². The van der Waals surface area contributed by atoms with E-state index in [1.165, 1.54) is 6.92 Å². The average Bonchev–Trinajstić information content (AvgIpc) is 2.17. The molecular weight excluding hydrogens is 208 g/mol. The van der Waals surface area contributed by atoms with Crippen molar-refractivity contribution in [2.24, 2.45) is 0 Å². The van der Waals surface area contributed by atoms with Crippen molar-refractivity contribution in [3.63, 3.8) is 0 Å². The van der Waals surface area contributed by atoms with Crippen LogP contribution in [-0.4, -0.2) is 32.5 Å². The van der Waals surface area contributed by atoms with Crippen LogP contribution in [0.15, 0.2) is 0 Å². The molecule has 0 aliphatic rings. The van der Waals surface area contributed by atoms with Gasteiger partial charge in [-0.3, -0.25) is 0 Å². The summed E-state index contributed by atoms with van der Waals surface area (Å²) in [5.74, 6) is -1.34. The smallest absolute Gasteiger partial charge is 0.338 e. The monoisotopic (exact) mass is 232 g/mol. The van der Waals surface area contributed by atoms with Crippen molar-refractivity contribution in [1.29, 1.82) is 0 Å². The van der Waals surface area contributed by atoms with Gasteiger partial charge in [0.2, 0.25) is 0 Å².